The molecule has 0 atom stereocenters. The molecule has 2 aliphatic heterocycles. The van der Waals surface area contributed by atoms with Crippen LogP contribution in [0.2, 0.25) is 0 Å². The van der Waals surface area contributed by atoms with Gasteiger partial charge in [-0.2, -0.15) is 0 Å². The Morgan fingerprint density at radius 1 is 0.852 bits per heavy atom. The van der Waals surface area contributed by atoms with Gasteiger partial charge in [-0.1, -0.05) is 35.2 Å². The zero-order chi connectivity index (χ0) is 19.1. The maximum Gasteiger partial charge on any atom is 0.147 e. The number of aryl methyl sites for hydroxylation is 1. The van der Waals surface area contributed by atoms with Crippen LogP contribution in [0.25, 0.3) is 0 Å². The Morgan fingerprint density at radius 2 is 1.37 bits per heavy atom. The number of benzene rings is 1. The highest BCUT2D eigenvalue weighted by Crippen LogP contribution is 2.39. The van der Waals surface area contributed by atoms with Gasteiger partial charge in [0.05, 0.1) is 26.4 Å². The maximum atomic E-state index is 5.55. The molecular formula is C17H22N2O2S6. The van der Waals surface area contributed by atoms with E-state index < -0.39 is 0 Å². The first-order valence-electron chi connectivity index (χ1n) is 8.66. The molecule has 0 aliphatic carbocycles. The van der Waals surface area contributed by atoms with Crippen molar-refractivity contribution in [3.05, 3.63) is 23.8 Å². The fourth-order valence-electron chi connectivity index (χ4n) is 2.53. The largest absolute Gasteiger partial charge is 0.378 e. The molecule has 10 heteroatoms. The minimum Gasteiger partial charge on any atom is -0.378 e. The summed E-state index contributed by atoms with van der Waals surface area (Å²) in [6, 6.07) is 6.56. The van der Waals surface area contributed by atoms with Crippen LogP contribution >= 0.6 is 67.6 Å². The molecule has 0 radical (unpaired) electrons. The minimum atomic E-state index is 0.764. The van der Waals surface area contributed by atoms with Gasteiger partial charge in [-0.25, -0.2) is 0 Å². The third kappa shape index (κ3) is 6.95. The van der Waals surface area contributed by atoms with Crippen molar-refractivity contribution in [2.45, 2.75) is 16.7 Å². The SMILES string of the molecule is Cc1cc(SSC(=S)N2CCOCC2)ccc1SSC(=S)N1CCOCC1. The van der Waals surface area contributed by atoms with Crippen LogP contribution in [-0.2, 0) is 9.47 Å². The Morgan fingerprint density at radius 3 is 1.89 bits per heavy atom. The van der Waals surface area contributed by atoms with Crippen molar-refractivity contribution in [1.29, 1.82) is 0 Å². The number of hydrogen-bond donors (Lipinski definition) is 0. The fraction of sp³-hybridized carbons (Fsp3) is 0.529. The van der Waals surface area contributed by atoms with Crippen molar-refractivity contribution in [3.63, 3.8) is 0 Å². The Labute approximate surface area is 187 Å². The average Bonchev–Trinajstić information content (AvgIpc) is 2.72. The van der Waals surface area contributed by atoms with Gasteiger partial charge < -0.3 is 19.3 Å². The molecule has 2 fully saturated rings. The van der Waals surface area contributed by atoms with Crippen LogP contribution in [0, 0.1) is 6.92 Å². The van der Waals surface area contributed by atoms with E-state index in [0.717, 1.165) is 61.2 Å². The Hall–Kier alpha value is 0.320. The highest BCUT2D eigenvalue weighted by atomic mass is 33.1. The van der Waals surface area contributed by atoms with Crippen molar-refractivity contribution in [1.82, 2.24) is 9.80 Å². The van der Waals surface area contributed by atoms with E-state index >= 15 is 0 Å². The predicted molar refractivity (Wildman–Crippen MR) is 128 cm³/mol. The quantitative estimate of drug-likeness (QED) is 0.447. The lowest BCUT2D eigenvalue weighted by Gasteiger charge is -2.28. The molecule has 3 rings (SSSR count). The van der Waals surface area contributed by atoms with Crippen LogP contribution in [0.3, 0.4) is 0 Å². The number of hydrogen-bond acceptors (Lipinski definition) is 8. The first-order valence-corrected chi connectivity index (χ1v) is 13.8. The van der Waals surface area contributed by atoms with Crippen LogP contribution in [0.15, 0.2) is 28.0 Å². The van der Waals surface area contributed by atoms with Crippen LogP contribution in [0.1, 0.15) is 5.56 Å². The molecule has 148 valence electrons. The molecular weight excluding hydrogens is 457 g/mol. The second-order valence-electron chi connectivity index (χ2n) is 5.99. The second kappa shape index (κ2) is 11.5. The standard InChI is InChI=1S/C17H22N2O2S6/c1-13-12-14(24-26-16(22)18-4-8-20-9-5-18)2-3-15(13)25-27-17(23)19-6-10-21-11-7-19/h2-3,12H,4-11H2,1H3. The van der Waals surface area contributed by atoms with E-state index in [4.69, 9.17) is 33.9 Å². The summed E-state index contributed by atoms with van der Waals surface area (Å²) in [6.45, 7) is 8.77. The van der Waals surface area contributed by atoms with E-state index in [1.54, 1.807) is 43.2 Å². The zero-order valence-corrected chi connectivity index (χ0v) is 19.9. The van der Waals surface area contributed by atoms with E-state index in [2.05, 4.69) is 34.9 Å². The van der Waals surface area contributed by atoms with Gasteiger partial charge in [-0.3, -0.25) is 0 Å². The van der Waals surface area contributed by atoms with Gasteiger partial charge in [-0.05, 0) is 63.1 Å². The Kier molecular flexibility index (Phi) is 9.37. The van der Waals surface area contributed by atoms with Gasteiger partial charge in [0.2, 0.25) is 0 Å². The lowest BCUT2D eigenvalue weighted by Crippen LogP contribution is -2.38. The van der Waals surface area contributed by atoms with Crippen molar-refractivity contribution in [3.8, 4) is 0 Å². The monoisotopic (exact) mass is 478 g/mol. The molecule has 1 aromatic rings. The molecule has 0 unspecified atom stereocenters. The van der Waals surface area contributed by atoms with E-state index in [0.29, 0.717) is 0 Å². The molecule has 0 saturated carbocycles. The molecule has 2 heterocycles. The third-order valence-corrected chi connectivity index (χ3v) is 10.4. The molecule has 1 aromatic carbocycles. The van der Waals surface area contributed by atoms with Crippen LogP contribution < -0.4 is 0 Å². The number of thiocarbonyl (C=S) groups is 2. The molecule has 4 nitrogen and oxygen atoms in total. The molecule has 27 heavy (non-hydrogen) atoms. The van der Waals surface area contributed by atoms with Crippen LogP contribution in [0.5, 0.6) is 0 Å². The van der Waals surface area contributed by atoms with E-state index in [1.165, 1.54) is 15.4 Å². The summed E-state index contributed by atoms with van der Waals surface area (Å²) in [6.07, 6.45) is 0. The fourth-order valence-corrected chi connectivity index (χ4v) is 7.56. The summed E-state index contributed by atoms with van der Waals surface area (Å²) in [5.41, 5.74) is 1.26. The van der Waals surface area contributed by atoms with Crippen LogP contribution in [0.4, 0.5) is 0 Å². The van der Waals surface area contributed by atoms with E-state index in [-0.39, 0.29) is 0 Å². The smallest absolute Gasteiger partial charge is 0.147 e. The first-order chi connectivity index (χ1) is 13.1. The predicted octanol–water partition coefficient (Wildman–Crippen LogP) is 4.71. The van der Waals surface area contributed by atoms with Gasteiger partial charge in [-0.15, -0.1) is 0 Å². The summed E-state index contributed by atoms with van der Waals surface area (Å²) < 4.78 is 12.6. The molecule has 2 aliphatic rings. The van der Waals surface area contributed by atoms with Crippen molar-refractivity contribution >= 4 is 76.3 Å². The molecule has 0 N–H and O–H groups in total. The summed E-state index contributed by atoms with van der Waals surface area (Å²) >= 11 is 11.1. The summed E-state index contributed by atoms with van der Waals surface area (Å²) in [4.78, 5) is 6.91. The Bertz CT molecular complexity index is 663. The lowest BCUT2D eigenvalue weighted by atomic mass is 10.2. The van der Waals surface area contributed by atoms with Crippen molar-refractivity contribution in [2.75, 3.05) is 52.6 Å². The van der Waals surface area contributed by atoms with Crippen molar-refractivity contribution < 1.29 is 9.47 Å². The molecule has 0 aromatic heterocycles. The number of rotatable bonds is 4. The lowest BCUT2D eigenvalue weighted by molar-refractivity contribution is 0.0702. The minimum absolute atomic E-state index is 0.764. The van der Waals surface area contributed by atoms with Crippen LogP contribution in [-0.4, -0.2) is 71.0 Å². The molecule has 0 bridgehead atoms. The van der Waals surface area contributed by atoms with Gasteiger partial charge >= 0.3 is 0 Å². The summed E-state index contributed by atoms with van der Waals surface area (Å²) in [5, 5.41) is 0. The normalized spacial score (nSPS) is 17.8. The van der Waals surface area contributed by atoms with Crippen molar-refractivity contribution in [2.24, 2.45) is 0 Å². The number of morpholine rings is 2. The highest BCUT2D eigenvalue weighted by molar-refractivity contribution is 8.84. The number of ether oxygens (including phenoxy) is 2. The average molecular weight is 479 g/mol. The summed E-state index contributed by atoms with van der Waals surface area (Å²) in [7, 11) is 6.77. The van der Waals surface area contributed by atoms with Gasteiger partial charge in [0.25, 0.3) is 0 Å². The topological polar surface area (TPSA) is 24.9 Å². The molecule has 0 amide bonds. The number of nitrogens with zero attached hydrogens (tertiary/aromatic N) is 2. The van der Waals surface area contributed by atoms with Gasteiger partial charge in [0, 0.05) is 36.0 Å². The van der Waals surface area contributed by atoms with Gasteiger partial charge in [0.15, 0.2) is 0 Å². The van der Waals surface area contributed by atoms with E-state index in [1.807, 2.05) is 0 Å². The zero-order valence-electron chi connectivity index (χ0n) is 15.0. The summed E-state index contributed by atoms with van der Waals surface area (Å²) in [5.74, 6) is 0. The second-order valence-corrected chi connectivity index (χ2v) is 11.6. The molecule has 2 saturated heterocycles. The maximum absolute atomic E-state index is 5.55. The van der Waals surface area contributed by atoms with E-state index in [9.17, 15) is 0 Å². The third-order valence-electron chi connectivity index (χ3n) is 4.10. The Balaban J connectivity index is 1.46. The first kappa shape index (κ1) is 22.0. The van der Waals surface area contributed by atoms with Gasteiger partial charge in [0.1, 0.15) is 8.64 Å². The molecule has 0 spiro atoms. The highest BCUT2D eigenvalue weighted by Gasteiger charge is 2.16.